The van der Waals surface area contributed by atoms with Crippen molar-refractivity contribution >= 4 is 16.7 Å². The number of hydrogen-bond donors (Lipinski definition) is 2. The third kappa shape index (κ3) is 4.28. The molecule has 112 valence electrons. The van der Waals surface area contributed by atoms with E-state index in [-0.39, 0.29) is 11.9 Å². The molecular formula is C17H22N2O2. The molecule has 4 heteroatoms. The molecule has 0 saturated heterocycles. The molecule has 0 aliphatic rings. The number of nitrogens with one attached hydrogen (secondary N) is 2. The van der Waals surface area contributed by atoms with E-state index in [0.717, 1.165) is 21.9 Å². The number of carbonyl (C=O) groups excluding carboxylic acids is 1. The van der Waals surface area contributed by atoms with Gasteiger partial charge < -0.3 is 5.32 Å². The number of hydroxylamine groups is 1. The molecule has 2 aromatic carbocycles. The maximum Gasteiger partial charge on any atom is 0.217 e. The van der Waals surface area contributed by atoms with Crippen molar-refractivity contribution in [2.75, 3.05) is 0 Å². The van der Waals surface area contributed by atoms with E-state index in [2.05, 4.69) is 29.0 Å². The largest absolute Gasteiger partial charge is 0.352 e. The fraction of sp³-hybridized carbons (Fsp3) is 0.353. The summed E-state index contributed by atoms with van der Waals surface area (Å²) in [5.74, 6) is -0.0257. The average Bonchev–Trinajstić information content (AvgIpc) is 2.44. The second kappa shape index (κ2) is 7.20. The third-order valence-corrected chi connectivity index (χ3v) is 3.15. The Labute approximate surface area is 125 Å². The number of benzene rings is 2. The summed E-state index contributed by atoms with van der Waals surface area (Å²) in [5.41, 5.74) is 5.17. The highest BCUT2D eigenvalue weighted by Crippen LogP contribution is 2.23. The number of fused-ring (bicyclic) bond motifs is 1. The maximum atomic E-state index is 11.1. The fourth-order valence-electron chi connectivity index (χ4n) is 2.28. The Morgan fingerprint density at radius 3 is 2.43 bits per heavy atom. The third-order valence-electron chi connectivity index (χ3n) is 3.15. The zero-order valence-electron chi connectivity index (χ0n) is 12.8. The summed E-state index contributed by atoms with van der Waals surface area (Å²) in [7, 11) is 0. The summed E-state index contributed by atoms with van der Waals surface area (Å²) in [5, 5.41) is 5.17. The molecule has 2 N–H and O–H groups in total. The zero-order chi connectivity index (χ0) is 15.2. The number of hydrogen-bond acceptors (Lipinski definition) is 3. The van der Waals surface area contributed by atoms with Crippen LogP contribution in [0, 0.1) is 0 Å². The van der Waals surface area contributed by atoms with E-state index < -0.39 is 0 Å². The van der Waals surface area contributed by atoms with Crippen LogP contribution in [0.5, 0.6) is 0 Å². The molecule has 2 aromatic rings. The molecule has 0 atom stereocenters. The molecule has 0 fully saturated rings. The Morgan fingerprint density at radius 2 is 1.81 bits per heavy atom. The van der Waals surface area contributed by atoms with E-state index in [1.165, 1.54) is 6.92 Å². The molecule has 0 bridgehead atoms. The smallest absolute Gasteiger partial charge is 0.217 e. The predicted octanol–water partition coefficient (Wildman–Crippen LogP) is 2.91. The number of rotatable bonds is 6. The van der Waals surface area contributed by atoms with Crippen LogP contribution in [0.2, 0.25) is 0 Å². The molecule has 0 spiro atoms. The topological polar surface area (TPSA) is 50.4 Å². The Hall–Kier alpha value is -1.91. The Bertz CT molecular complexity index is 618. The highest BCUT2D eigenvalue weighted by Gasteiger charge is 2.07. The minimum atomic E-state index is -0.0257. The van der Waals surface area contributed by atoms with Gasteiger partial charge in [-0.15, -0.1) is 0 Å². The van der Waals surface area contributed by atoms with Crippen LogP contribution in [-0.2, 0) is 22.8 Å². The Morgan fingerprint density at radius 1 is 1.14 bits per heavy atom. The van der Waals surface area contributed by atoms with Crippen LogP contribution >= 0.6 is 0 Å². The van der Waals surface area contributed by atoms with Crippen molar-refractivity contribution in [3.8, 4) is 0 Å². The summed E-state index contributed by atoms with van der Waals surface area (Å²) in [4.78, 5) is 16.7. The van der Waals surface area contributed by atoms with Gasteiger partial charge in [0.1, 0.15) is 0 Å². The normalized spacial score (nSPS) is 11.0. The lowest BCUT2D eigenvalue weighted by Crippen LogP contribution is -2.23. The van der Waals surface area contributed by atoms with Crippen LogP contribution in [0.25, 0.3) is 10.8 Å². The zero-order valence-corrected chi connectivity index (χ0v) is 12.8. The monoisotopic (exact) mass is 286 g/mol. The Balaban J connectivity index is 2.29. The first kappa shape index (κ1) is 15.5. The summed E-state index contributed by atoms with van der Waals surface area (Å²) < 4.78 is 0. The molecule has 0 aromatic heterocycles. The molecule has 0 aliphatic carbocycles. The fourth-order valence-corrected chi connectivity index (χ4v) is 2.28. The second-order valence-electron chi connectivity index (χ2n) is 5.40. The molecule has 0 unspecified atom stereocenters. The van der Waals surface area contributed by atoms with Crippen molar-refractivity contribution in [2.45, 2.75) is 40.0 Å². The average molecular weight is 286 g/mol. The molecule has 0 aliphatic heterocycles. The SMILES string of the molecule is CC(=O)NCc1cccc2cccc(CONC(C)C)c12. The van der Waals surface area contributed by atoms with E-state index in [0.29, 0.717) is 13.2 Å². The lowest BCUT2D eigenvalue weighted by molar-refractivity contribution is -0.119. The van der Waals surface area contributed by atoms with Crippen molar-refractivity contribution in [1.29, 1.82) is 0 Å². The highest BCUT2D eigenvalue weighted by atomic mass is 16.6. The Kier molecular flexibility index (Phi) is 5.31. The summed E-state index contributed by atoms with van der Waals surface area (Å²) in [6, 6.07) is 12.6. The van der Waals surface area contributed by atoms with E-state index in [1.54, 1.807) is 0 Å². The van der Waals surface area contributed by atoms with Gasteiger partial charge in [0.25, 0.3) is 0 Å². The molecule has 0 heterocycles. The van der Waals surface area contributed by atoms with Gasteiger partial charge in [-0.25, -0.2) is 0 Å². The van der Waals surface area contributed by atoms with Gasteiger partial charge in [-0.2, -0.15) is 5.48 Å². The molecule has 0 saturated carbocycles. The highest BCUT2D eigenvalue weighted by molar-refractivity contribution is 5.89. The van der Waals surface area contributed by atoms with Gasteiger partial charge in [0.2, 0.25) is 5.91 Å². The van der Waals surface area contributed by atoms with Gasteiger partial charge in [-0.05, 0) is 35.7 Å². The minimum Gasteiger partial charge on any atom is -0.352 e. The standard InChI is InChI=1S/C17H22N2O2/c1-12(2)19-21-11-16-9-5-7-14-6-4-8-15(17(14)16)10-18-13(3)20/h4-9,12,19H,10-11H2,1-3H3,(H,18,20). The first-order chi connectivity index (χ1) is 10.1. The van der Waals surface area contributed by atoms with Gasteiger partial charge in [0.15, 0.2) is 0 Å². The first-order valence-electron chi connectivity index (χ1n) is 7.19. The van der Waals surface area contributed by atoms with Crippen LogP contribution in [-0.4, -0.2) is 11.9 Å². The first-order valence-corrected chi connectivity index (χ1v) is 7.19. The molecule has 21 heavy (non-hydrogen) atoms. The van der Waals surface area contributed by atoms with Crippen LogP contribution in [0.15, 0.2) is 36.4 Å². The maximum absolute atomic E-state index is 11.1. The van der Waals surface area contributed by atoms with Crippen LogP contribution in [0.4, 0.5) is 0 Å². The van der Waals surface area contributed by atoms with E-state index in [1.807, 2.05) is 32.0 Å². The molecular weight excluding hydrogens is 264 g/mol. The molecule has 4 nitrogen and oxygen atoms in total. The van der Waals surface area contributed by atoms with Gasteiger partial charge >= 0.3 is 0 Å². The van der Waals surface area contributed by atoms with Crippen molar-refractivity contribution < 1.29 is 9.63 Å². The van der Waals surface area contributed by atoms with Crippen molar-refractivity contribution in [2.24, 2.45) is 0 Å². The lowest BCUT2D eigenvalue weighted by atomic mass is 9.99. The van der Waals surface area contributed by atoms with Gasteiger partial charge in [0, 0.05) is 19.5 Å². The number of carbonyl (C=O) groups is 1. The summed E-state index contributed by atoms with van der Waals surface area (Å²) >= 11 is 0. The van der Waals surface area contributed by atoms with E-state index in [9.17, 15) is 4.79 Å². The summed E-state index contributed by atoms with van der Waals surface area (Å²) in [6.45, 7) is 6.62. The second-order valence-corrected chi connectivity index (χ2v) is 5.40. The van der Waals surface area contributed by atoms with Crippen molar-refractivity contribution in [3.63, 3.8) is 0 Å². The minimum absolute atomic E-state index is 0.0257. The van der Waals surface area contributed by atoms with Gasteiger partial charge in [0.05, 0.1) is 6.61 Å². The lowest BCUT2D eigenvalue weighted by Gasteiger charge is -2.13. The van der Waals surface area contributed by atoms with Crippen molar-refractivity contribution in [1.82, 2.24) is 10.8 Å². The summed E-state index contributed by atoms with van der Waals surface area (Å²) in [6.07, 6.45) is 0. The molecule has 0 radical (unpaired) electrons. The quantitative estimate of drug-likeness (QED) is 0.803. The van der Waals surface area contributed by atoms with Crippen LogP contribution < -0.4 is 10.8 Å². The van der Waals surface area contributed by atoms with E-state index >= 15 is 0 Å². The molecule has 2 rings (SSSR count). The van der Waals surface area contributed by atoms with Crippen LogP contribution in [0.1, 0.15) is 31.9 Å². The van der Waals surface area contributed by atoms with E-state index in [4.69, 9.17) is 4.84 Å². The van der Waals surface area contributed by atoms with Gasteiger partial charge in [-0.3, -0.25) is 9.63 Å². The van der Waals surface area contributed by atoms with Gasteiger partial charge in [-0.1, -0.05) is 36.4 Å². The number of amides is 1. The van der Waals surface area contributed by atoms with Crippen LogP contribution in [0.3, 0.4) is 0 Å². The van der Waals surface area contributed by atoms with Crippen molar-refractivity contribution in [3.05, 3.63) is 47.5 Å². The predicted molar refractivity (Wildman–Crippen MR) is 84.5 cm³/mol. The molecule has 1 amide bonds.